The minimum absolute atomic E-state index is 0.0207. The molecule has 6 nitrogen and oxygen atoms in total. The Kier molecular flexibility index (Phi) is 4.28. The highest BCUT2D eigenvalue weighted by atomic mass is 16.3. The Morgan fingerprint density at radius 1 is 1.19 bits per heavy atom. The lowest BCUT2D eigenvalue weighted by molar-refractivity contribution is 0.0996. The number of fused-ring (bicyclic) bond motifs is 1. The van der Waals surface area contributed by atoms with Gasteiger partial charge in [-0.15, -0.1) is 10.2 Å². The van der Waals surface area contributed by atoms with Crippen LogP contribution in [0.5, 0.6) is 0 Å². The van der Waals surface area contributed by atoms with E-state index >= 15 is 0 Å². The van der Waals surface area contributed by atoms with E-state index in [4.69, 9.17) is 0 Å². The molecule has 0 saturated carbocycles. The lowest BCUT2D eigenvalue weighted by Gasteiger charge is -2.21. The number of amides is 1. The van der Waals surface area contributed by atoms with Crippen LogP contribution in [0.25, 0.3) is 0 Å². The fourth-order valence-electron chi connectivity index (χ4n) is 3.64. The molecule has 0 spiro atoms. The van der Waals surface area contributed by atoms with Crippen molar-refractivity contribution in [2.24, 2.45) is 7.05 Å². The number of hydrogen-bond acceptors (Lipinski definition) is 4. The summed E-state index contributed by atoms with van der Waals surface area (Å²) in [5.74, 6) is 0.357. The second-order valence-electron chi connectivity index (χ2n) is 7.12. The van der Waals surface area contributed by atoms with Gasteiger partial charge in [0.25, 0.3) is 5.91 Å². The zero-order valence-corrected chi connectivity index (χ0v) is 15.6. The number of carbonyl (C=O) groups excluding carboxylic acids is 1. The molecule has 3 aromatic rings. The van der Waals surface area contributed by atoms with Crippen molar-refractivity contribution in [1.29, 1.82) is 0 Å². The number of rotatable bonds is 4. The standard InChI is InChI=1S/C21H22N4O2/c1-13-6-4-9-17-18(13)11-25(21(17)27)16-8-5-7-15(10-16)14(2)19(26)20-23-22-12-24(20)3/h4-10,12,14,19,26H,11H2,1-3H3/t14-,19+/m0/s1. The van der Waals surface area contributed by atoms with Gasteiger partial charge in [-0.2, -0.15) is 0 Å². The van der Waals surface area contributed by atoms with E-state index in [1.165, 1.54) is 0 Å². The van der Waals surface area contributed by atoms with E-state index in [1.54, 1.807) is 15.8 Å². The van der Waals surface area contributed by atoms with Crippen molar-refractivity contribution in [1.82, 2.24) is 14.8 Å². The topological polar surface area (TPSA) is 71.2 Å². The molecule has 0 saturated heterocycles. The highest BCUT2D eigenvalue weighted by Crippen LogP contribution is 2.34. The van der Waals surface area contributed by atoms with E-state index < -0.39 is 6.10 Å². The summed E-state index contributed by atoms with van der Waals surface area (Å²) in [7, 11) is 1.81. The molecule has 1 aliphatic rings. The van der Waals surface area contributed by atoms with Gasteiger partial charge in [-0.3, -0.25) is 4.79 Å². The first kappa shape index (κ1) is 17.4. The van der Waals surface area contributed by atoms with Crippen molar-refractivity contribution in [2.75, 3.05) is 4.90 Å². The van der Waals surface area contributed by atoms with Gasteiger partial charge >= 0.3 is 0 Å². The summed E-state index contributed by atoms with van der Waals surface area (Å²) in [4.78, 5) is 14.6. The third-order valence-corrected chi connectivity index (χ3v) is 5.39. The monoisotopic (exact) mass is 362 g/mol. The second kappa shape index (κ2) is 6.63. The smallest absolute Gasteiger partial charge is 0.258 e. The molecular formula is C21H22N4O2. The fourth-order valence-corrected chi connectivity index (χ4v) is 3.64. The van der Waals surface area contributed by atoms with Crippen LogP contribution in [0.1, 0.15) is 51.8 Å². The normalized spacial score (nSPS) is 15.7. The fraction of sp³-hybridized carbons (Fsp3) is 0.286. The summed E-state index contributed by atoms with van der Waals surface area (Å²) in [5.41, 5.74) is 4.77. The molecular weight excluding hydrogens is 340 g/mol. The lowest BCUT2D eigenvalue weighted by atomic mass is 9.94. The predicted molar refractivity (Wildman–Crippen MR) is 103 cm³/mol. The third-order valence-electron chi connectivity index (χ3n) is 5.39. The van der Waals surface area contributed by atoms with Gasteiger partial charge in [-0.05, 0) is 41.8 Å². The maximum absolute atomic E-state index is 12.9. The summed E-state index contributed by atoms with van der Waals surface area (Å²) in [6.07, 6.45) is 0.797. The number of anilines is 1. The van der Waals surface area contributed by atoms with Gasteiger partial charge in [-0.1, -0.05) is 31.2 Å². The van der Waals surface area contributed by atoms with E-state index in [0.29, 0.717) is 12.4 Å². The molecule has 138 valence electrons. The average molecular weight is 362 g/mol. The molecule has 2 heterocycles. The Morgan fingerprint density at radius 2 is 1.96 bits per heavy atom. The zero-order chi connectivity index (χ0) is 19.1. The number of hydrogen-bond donors (Lipinski definition) is 1. The summed E-state index contributed by atoms with van der Waals surface area (Å²) >= 11 is 0. The first-order valence-corrected chi connectivity index (χ1v) is 8.99. The van der Waals surface area contributed by atoms with E-state index in [0.717, 1.165) is 27.9 Å². The van der Waals surface area contributed by atoms with Gasteiger partial charge in [0.1, 0.15) is 12.4 Å². The van der Waals surface area contributed by atoms with Crippen LogP contribution < -0.4 is 4.90 Å². The SMILES string of the molecule is Cc1cccc2c1CN(c1cccc([C@H](C)[C@@H](O)c3nncn3C)c1)C2=O. The van der Waals surface area contributed by atoms with Crippen molar-refractivity contribution in [3.63, 3.8) is 0 Å². The first-order chi connectivity index (χ1) is 13.0. The highest BCUT2D eigenvalue weighted by Gasteiger charge is 2.30. The largest absolute Gasteiger partial charge is 0.384 e. The first-order valence-electron chi connectivity index (χ1n) is 8.99. The summed E-state index contributed by atoms with van der Waals surface area (Å²) < 4.78 is 1.72. The molecule has 1 aromatic heterocycles. The molecule has 0 fully saturated rings. The maximum atomic E-state index is 12.9. The maximum Gasteiger partial charge on any atom is 0.258 e. The Bertz CT molecular complexity index is 1010. The number of aliphatic hydroxyl groups is 1. The molecule has 0 radical (unpaired) electrons. The van der Waals surface area contributed by atoms with Crippen LogP contribution in [-0.2, 0) is 13.6 Å². The predicted octanol–water partition coefficient (Wildman–Crippen LogP) is 3.12. The molecule has 2 atom stereocenters. The summed E-state index contributed by atoms with van der Waals surface area (Å²) in [5, 5.41) is 18.5. The van der Waals surface area contributed by atoms with Gasteiger partial charge in [0.05, 0.1) is 6.54 Å². The molecule has 1 amide bonds. The van der Waals surface area contributed by atoms with Crippen LogP contribution in [-0.4, -0.2) is 25.8 Å². The Hall–Kier alpha value is -2.99. The van der Waals surface area contributed by atoms with Crippen molar-refractivity contribution < 1.29 is 9.90 Å². The van der Waals surface area contributed by atoms with Gasteiger partial charge in [-0.25, -0.2) is 0 Å². The van der Waals surface area contributed by atoms with Gasteiger partial charge in [0, 0.05) is 24.2 Å². The van der Waals surface area contributed by atoms with Crippen molar-refractivity contribution >= 4 is 11.6 Å². The zero-order valence-electron chi connectivity index (χ0n) is 15.6. The molecule has 1 aliphatic heterocycles. The third kappa shape index (κ3) is 2.92. The number of aliphatic hydroxyl groups excluding tert-OH is 1. The molecule has 0 unspecified atom stereocenters. The Morgan fingerprint density at radius 3 is 2.67 bits per heavy atom. The summed E-state index contributed by atoms with van der Waals surface area (Å²) in [6.45, 7) is 4.55. The minimum atomic E-state index is -0.776. The highest BCUT2D eigenvalue weighted by molar-refractivity contribution is 6.10. The molecule has 6 heteroatoms. The van der Waals surface area contributed by atoms with Crippen LogP contribution in [0.15, 0.2) is 48.8 Å². The van der Waals surface area contributed by atoms with Crippen molar-refractivity contribution in [3.05, 3.63) is 76.9 Å². The van der Waals surface area contributed by atoms with E-state index in [-0.39, 0.29) is 11.8 Å². The molecule has 4 rings (SSSR count). The van der Waals surface area contributed by atoms with Crippen LogP contribution in [0.3, 0.4) is 0 Å². The quantitative estimate of drug-likeness (QED) is 0.774. The Labute approximate surface area is 158 Å². The molecule has 1 N–H and O–H groups in total. The number of aromatic nitrogens is 3. The Balaban J connectivity index is 1.63. The summed E-state index contributed by atoms with van der Waals surface area (Å²) in [6, 6.07) is 13.6. The number of benzene rings is 2. The van der Waals surface area contributed by atoms with Crippen LogP contribution >= 0.6 is 0 Å². The van der Waals surface area contributed by atoms with E-state index in [1.807, 2.05) is 63.4 Å². The molecule has 0 bridgehead atoms. The average Bonchev–Trinajstić information content (AvgIpc) is 3.25. The molecule has 2 aromatic carbocycles. The van der Waals surface area contributed by atoms with Gasteiger partial charge in [0.2, 0.25) is 0 Å². The molecule has 0 aliphatic carbocycles. The lowest BCUT2D eigenvalue weighted by Crippen LogP contribution is -2.23. The van der Waals surface area contributed by atoms with Crippen molar-refractivity contribution in [3.8, 4) is 0 Å². The molecule has 27 heavy (non-hydrogen) atoms. The van der Waals surface area contributed by atoms with E-state index in [9.17, 15) is 9.90 Å². The second-order valence-corrected chi connectivity index (χ2v) is 7.12. The van der Waals surface area contributed by atoms with Crippen LogP contribution in [0.4, 0.5) is 5.69 Å². The van der Waals surface area contributed by atoms with Gasteiger partial charge in [0.15, 0.2) is 5.82 Å². The number of nitrogens with zero attached hydrogens (tertiary/aromatic N) is 4. The van der Waals surface area contributed by atoms with Crippen LogP contribution in [0, 0.1) is 6.92 Å². The van der Waals surface area contributed by atoms with Crippen LogP contribution in [0.2, 0.25) is 0 Å². The van der Waals surface area contributed by atoms with Crippen molar-refractivity contribution in [2.45, 2.75) is 32.4 Å². The van der Waals surface area contributed by atoms with E-state index in [2.05, 4.69) is 10.2 Å². The minimum Gasteiger partial charge on any atom is -0.384 e. The number of carbonyl (C=O) groups is 1. The van der Waals surface area contributed by atoms with Gasteiger partial charge < -0.3 is 14.6 Å². The number of aryl methyl sites for hydroxylation is 2.